The van der Waals surface area contributed by atoms with Gasteiger partial charge in [-0.25, -0.2) is 14.8 Å². The number of anilines is 1. The van der Waals surface area contributed by atoms with Crippen molar-refractivity contribution in [1.29, 1.82) is 0 Å². The number of carboxylic acid groups (broad SMARTS) is 1. The van der Waals surface area contributed by atoms with Crippen LogP contribution in [0.1, 0.15) is 52.5 Å². The molecule has 0 bridgehead atoms. The highest BCUT2D eigenvalue weighted by Crippen LogP contribution is 2.37. The second kappa shape index (κ2) is 6.62. The van der Waals surface area contributed by atoms with Gasteiger partial charge in [0.1, 0.15) is 17.8 Å². The van der Waals surface area contributed by atoms with Crippen molar-refractivity contribution in [3.05, 3.63) is 16.1 Å². The predicted molar refractivity (Wildman–Crippen MR) is 106 cm³/mol. The smallest absolute Gasteiger partial charge is 0.407 e. The number of rotatable bonds is 2. The van der Waals surface area contributed by atoms with Gasteiger partial charge < -0.3 is 20.3 Å². The monoisotopic (exact) mass is 457 g/mol. The van der Waals surface area contributed by atoms with Crippen LogP contribution in [-0.4, -0.2) is 42.2 Å². The third kappa shape index (κ3) is 3.40. The summed E-state index contributed by atoms with van der Waals surface area (Å²) < 4.78 is 3.24. The Morgan fingerprint density at radius 2 is 1.96 bits per heavy atom. The molecule has 1 aliphatic rings. The largest absolute Gasteiger partial charge is 0.465 e. The zero-order valence-electron chi connectivity index (χ0n) is 14.7. The van der Waals surface area contributed by atoms with Crippen LogP contribution in [0.3, 0.4) is 0 Å². The molecule has 1 saturated carbocycles. The van der Waals surface area contributed by atoms with Gasteiger partial charge in [0.15, 0.2) is 0 Å². The Hall–Kier alpha value is -1.58. The van der Waals surface area contributed by atoms with Crippen molar-refractivity contribution in [1.82, 2.24) is 19.4 Å². The predicted octanol–water partition coefficient (Wildman–Crippen LogP) is 3.88. The summed E-state index contributed by atoms with van der Waals surface area (Å²) in [6.45, 7) is 5.86. The minimum atomic E-state index is -0.836. The molecule has 3 rings (SSSR count). The molecule has 0 aromatic carbocycles. The summed E-state index contributed by atoms with van der Waals surface area (Å²) >= 11 is 2.27. The van der Waals surface area contributed by atoms with Gasteiger partial charge >= 0.3 is 6.09 Å². The van der Waals surface area contributed by atoms with Gasteiger partial charge in [0.2, 0.25) is 0 Å². The van der Waals surface area contributed by atoms with E-state index in [4.69, 9.17) is 5.73 Å². The lowest BCUT2D eigenvalue weighted by molar-refractivity contribution is 0.0514. The lowest BCUT2D eigenvalue weighted by Gasteiger charge is -2.42. The van der Waals surface area contributed by atoms with Crippen LogP contribution in [-0.2, 0) is 0 Å². The number of carbonyl (C=O) groups is 1. The Labute approximate surface area is 160 Å². The molecule has 1 fully saturated rings. The summed E-state index contributed by atoms with van der Waals surface area (Å²) in [5.74, 6) is 0.506. The van der Waals surface area contributed by atoms with Crippen LogP contribution in [0, 0.1) is 3.57 Å². The molecule has 8 heteroatoms. The van der Waals surface area contributed by atoms with Crippen molar-refractivity contribution in [2.24, 2.45) is 0 Å². The summed E-state index contributed by atoms with van der Waals surface area (Å²) in [7, 11) is 0. The van der Waals surface area contributed by atoms with Crippen LogP contribution >= 0.6 is 22.6 Å². The number of halogens is 1. The molecule has 0 atom stereocenters. The fourth-order valence-electron chi connectivity index (χ4n) is 3.93. The SMILES string of the molecule is CC(C)(C)N(C(=O)O)[C@H]1CC[C@@H](n2cc(I)c3c(N)ncnc32)CC1. The normalized spacial score (nSPS) is 21.4. The fraction of sp³-hybridized carbons (Fsp3) is 0.588. The molecule has 0 saturated heterocycles. The van der Waals surface area contributed by atoms with Gasteiger partial charge in [-0.1, -0.05) is 0 Å². The second-order valence-corrected chi connectivity index (χ2v) is 8.79. The number of nitrogens with two attached hydrogens (primary N) is 1. The third-order valence-corrected chi connectivity index (χ3v) is 5.76. The van der Waals surface area contributed by atoms with Crippen LogP contribution in [0.5, 0.6) is 0 Å². The molecule has 136 valence electrons. The van der Waals surface area contributed by atoms with E-state index in [0.717, 1.165) is 40.3 Å². The first-order chi connectivity index (χ1) is 11.7. The van der Waals surface area contributed by atoms with Crippen LogP contribution < -0.4 is 5.73 Å². The molecule has 2 aromatic rings. The standard InChI is InChI=1S/C17H24IN5O2/c1-17(2,3)23(16(24)25)11-6-4-10(5-7-11)22-8-12(18)13-14(19)20-9-21-15(13)22/h8-11H,4-7H2,1-3H3,(H,24,25)(H2,19,20,21)/t10-,11+. The lowest BCUT2D eigenvalue weighted by atomic mass is 9.88. The van der Waals surface area contributed by atoms with Crippen LogP contribution in [0.25, 0.3) is 11.0 Å². The fourth-order valence-corrected chi connectivity index (χ4v) is 4.74. The van der Waals surface area contributed by atoms with Crippen LogP contribution in [0.15, 0.2) is 12.5 Å². The average Bonchev–Trinajstić information content (AvgIpc) is 2.85. The van der Waals surface area contributed by atoms with Crippen molar-refractivity contribution in [2.75, 3.05) is 5.73 Å². The first kappa shape index (κ1) is 18.2. The molecular weight excluding hydrogens is 433 g/mol. The summed E-state index contributed by atoms with van der Waals surface area (Å²) in [6.07, 6.45) is 6.30. The number of nitrogens with zero attached hydrogens (tertiary/aromatic N) is 4. The third-order valence-electron chi connectivity index (χ3n) is 4.95. The maximum absolute atomic E-state index is 11.7. The topological polar surface area (TPSA) is 97.3 Å². The molecular formula is C17H24IN5O2. The number of aromatic nitrogens is 3. The van der Waals surface area contributed by atoms with Crippen LogP contribution in [0.4, 0.5) is 10.6 Å². The minimum absolute atomic E-state index is 0.0642. The number of hydrogen-bond acceptors (Lipinski definition) is 4. The van der Waals surface area contributed by atoms with Crippen molar-refractivity contribution >= 4 is 45.5 Å². The van der Waals surface area contributed by atoms with Crippen molar-refractivity contribution in [2.45, 2.75) is 64.1 Å². The maximum atomic E-state index is 11.7. The van der Waals surface area contributed by atoms with E-state index in [-0.39, 0.29) is 11.6 Å². The molecule has 1 amide bonds. The quantitative estimate of drug-likeness (QED) is 0.668. The average molecular weight is 457 g/mol. The van der Waals surface area contributed by atoms with Gasteiger partial charge in [-0.15, -0.1) is 0 Å². The molecule has 0 aliphatic heterocycles. The summed E-state index contributed by atoms with van der Waals surface area (Å²) in [5.41, 5.74) is 6.48. The van der Waals surface area contributed by atoms with Gasteiger partial charge in [0, 0.05) is 27.4 Å². The number of nitrogen functional groups attached to an aromatic ring is 1. The lowest BCUT2D eigenvalue weighted by Crippen LogP contribution is -2.52. The molecule has 2 heterocycles. The molecule has 7 nitrogen and oxygen atoms in total. The van der Waals surface area contributed by atoms with E-state index >= 15 is 0 Å². The Kier molecular flexibility index (Phi) is 4.82. The molecule has 0 unspecified atom stereocenters. The second-order valence-electron chi connectivity index (χ2n) is 7.63. The summed E-state index contributed by atoms with van der Waals surface area (Å²) in [4.78, 5) is 21.8. The van der Waals surface area contributed by atoms with Gasteiger partial charge in [-0.05, 0) is 69.0 Å². The van der Waals surface area contributed by atoms with Gasteiger partial charge in [-0.2, -0.15) is 0 Å². The first-order valence-electron chi connectivity index (χ1n) is 8.49. The number of fused-ring (bicyclic) bond motifs is 1. The molecule has 3 N–H and O–H groups in total. The highest BCUT2D eigenvalue weighted by molar-refractivity contribution is 14.1. The van der Waals surface area contributed by atoms with Crippen LogP contribution in [0.2, 0.25) is 0 Å². The van der Waals surface area contributed by atoms with E-state index in [1.807, 2.05) is 20.8 Å². The minimum Gasteiger partial charge on any atom is -0.465 e. The van der Waals surface area contributed by atoms with Crippen molar-refractivity contribution < 1.29 is 9.90 Å². The van der Waals surface area contributed by atoms with Gasteiger partial charge in [-0.3, -0.25) is 0 Å². The summed E-state index contributed by atoms with van der Waals surface area (Å²) in [5, 5.41) is 10.5. The van der Waals surface area contributed by atoms with E-state index in [1.165, 1.54) is 6.33 Å². The zero-order valence-corrected chi connectivity index (χ0v) is 16.9. The Bertz CT molecular complexity index is 790. The highest BCUT2D eigenvalue weighted by atomic mass is 127. The highest BCUT2D eigenvalue weighted by Gasteiger charge is 2.36. The van der Waals surface area contributed by atoms with Crippen molar-refractivity contribution in [3.8, 4) is 0 Å². The van der Waals surface area contributed by atoms with E-state index in [0.29, 0.717) is 11.9 Å². The zero-order chi connectivity index (χ0) is 18.4. The maximum Gasteiger partial charge on any atom is 0.407 e. The van der Waals surface area contributed by atoms with E-state index < -0.39 is 6.09 Å². The van der Waals surface area contributed by atoms with E-state index in [1.54, 1.807) is 4.90 Å². The number of amides is 1. The van der Waals surface area contributed by atoms with Crippen molar-refractivity contribution in [3.63, 3.8) is 0 Å². The summed E-state index contributed by atoms with van der Waals surface area (Å²) in [6, 6.07) is 0.376. The van der Waals surface area contributed by atoms with E-state index in [2.05, 4.69) is 43.3 Å². The van der Waals surface area contributed by atoms with E-state index in [9.17, 15) is 9.90 Å². The molecule has 0 spiro atoms. The Morgan fingerprint density at radius 1 is 1.32 bits per heavy atom. The molecule has 0 radical (unpaired) electrons. The Morgan fingerprint density at radius 3 is 2.52 bits per heavy atom. The van der Waals surface area contributed by atoms with Gasteiger partial charge in [0.25, 0.3) is 0 Å². The molecule has 2 aromatic heterocycles. The molecule has 1 aliphatic carbocycles. The van der Waals surface area contributed by atoms with Gasteiger partial charge in [0.05, 0.1) is 5.39 Å². The molecule has 25 heavy (non-hydrogen) atoms. The Balaban J connectivity index is 1.82. The number of hydrogen-bond donors (Lipinski definition) is 2. The first-order valence-corrected chi connectivity index (χ1v) is 9.56.